The number of ether oxygens (including phenoxy) is 1. The molecule has 1 aliphatic heterocycles. The SMILES string of the molecule is CCOCCN(C)c1ccc2c(c1)N(C)C(=O)C2=O. The van der Waals surface area contributed by atoms with Gasteiger partial charge in [0.1, 0.15) is 0 Å². The Morgan fingerprint density at radius 1 is 1.32 bits per heavy atom. The van der Waals surface area contributed by atoms with E-state index in [0.29, 0.717) is 24.5 Å². The molecule has 0 unspecified atom stereocenters. The molecule has 1 aromatic carbocycles. The van der Waals surface area contributed by atoms with Gasteiger partial charge in [-0.15, -0.1) is 0 Å². The van der Waals surface area contributed by atoms with E-state index in [1.165, 1.54) is 4.90 Å². The van der Waals surface area contributed by atoms with Crippen LogP contribution in [0.15, 0.2) is 18.2 Å². The molecule has 102 valence electrons. The van der Waals surface area contributed by atoms with Gasteiger partial charge in [-0.1, -0.05) is 0 Å². The molecule has 0 atom stereocenters. The first kappa shape index (κ1) is 13.5. The summed E-state index contributed by atoms with van der Waals surface area (Å²) >= 11 is 0. The van der Waals surface area contributed by atoms with Gasteiger partial charge in [0, 0.05) is 32.9 Å². The smallest absolute Gasteiger partial charge is 0.299 e. The minimum absolute atomic E-state index is 0.430. The van der Waals surface area contributed by atoms with Gasteiger partial charge in [0.25, 0.3) is 11.7 Å². The molecule has 0 radical (unpaired) electrons. The van der Waals surface area contributed by atoms with Gasteiger partial charge in [-0.2, -0.15) is 0 Å². The largest absolute Gasteiger partial charge is 0.380 e. The summed E-state index contributed by atoms with van der Waals surface area (Å²) in [6, 6.07) is 5.44. The van der Waals surface area contributed by atoms with Crippen LogP contribution in [-0.2, 0) is 9.53 Å². The molecule has 1 aromatic rings. The lowest BCUT2D eigenvalue weighted by atomic mass is 10.1. The molecule has 0 saturated carbocycles. The first-order valence-corrected chi connectivity index (χ1v) is 6.31. The molecule has 0 fully saturated rings. The van der Waals surface area contributed by atoms with E-state index in [9.17, 15) is 9.59 Å². The first-order chi connectivity index (χ1) is 9.06. The van der Waals surface area contributed by atoms with Gasteiger partial charge in [-0.25, -0.2) is 0 Å². The number of nitrogens with zero attached hydrogens (tertiary/aromatic N) is 2. The number of anilines is 2. The van der Waals surface area contributed by atoms with Gasteiger partial charge < -0.3 is 14.5 Å². The van der Waals surface area contributed by atoms with Crippen molar-refractivity contribution in [1.29, 1.82) is 0 Å². The minimum Gasteiger partial charge on any atom is -0.380 e. The molecule has 1 aliphatic rings. The van der Waals surface area contributed by atoms with Crippen LogP contribution in [0, 0.1) is 0 Å². The summed E-state index contributed by atoms with van der Waals surface area (Å²) in [6.45, 7) is 4.07. The summed E-state index contributed by atoms with van der Waals surface area (Å²) in [5, 5.41) is 0. The fourth-order valence-corrected chi connectivity index (χ4v) is 2.08. The van der Waals surface area contributed by atoms with Gasteiger partial charge in [0.05, 0.1) is 17.9 Å². The summed E-state index contributed by atoms with van der Waals surface area (Å²) in [7, 11) is 3.58. The highest BCUT2D eigenvalue weighted by molar-refractivity contribution is 6.52. The molecule has 1 heterocycles. The maximum Gasteiger partial charge on any atom is 0.299 e. The number of hydrogen-bond donors (Lipinski definition) is 0. The van der Waals surface area contributed by atoms with E-state index in [1.807, 2.05) is 31.0 Å². The lowest BCUT2D eigenvalue weighted by Crippen LogP contribution is -2.25. The second kappa shape index (κ2) is 5.40. The third-order valence-corrected chi connectivity index (χ3v) is 3.30. The third kappa shape index (κ3) is 2.46. The molecular weight excluding hydrogens is 244 g/mol. The number of fused-ring (bicyclic) bond motifs is 1. The topological polar surface area (TPSA) is 49.9 Å². The Bertz CT molecular complexity index is 513. The van der Waals surface area contributed by atoms with E-state index in [1.54, 1.807) is 13.1 Å². The van der Waals surface area contributed by atoms with Crippen LogP contribution < -0.4 is 9.80 Å². The number of hydrogen-bond acceptors (Lipinski definition) is 4. The lowest BCUT2D eigenvalue weighted by molar-refractivity contribution is -0.114. The second-order valence-corrected chi connectivity index (χ2v) is 4.51. The van der Waals surface area contributed by atoms with E-state index in [4.69, 9.17) is 4.74 Å². The van der Waals surface area contributed by atoms with E-state index in [0.717, 1.165) is 12.2 Å². The number of carbonyl (C=O) groups is 2. The van der Waals surface area contributed by atoms with Gasteiger partial charge in [-0.05, 0) is 25.1 Å². The molecule has 0 bridgehead atoms. The van der Waals surface area contributed by atoms with E-state index in [-0.39, 0.29) is 0 Å². The Morgan fingerprint density at radius 3 is 2.74 bits per heavy atom. The Balaban J connectivity index is 2.18. The summed E-state index contributed by atoms with van der Waals surface area (Å²) in [6.07, 6.45) is 0. The monoisotopic (exact) mass is 262 g/mol. The van der Waals surface area contributed by atoms with E-state index >= 15 is 0 Å². The summed E-state index contributed by atoms with van der Waals surface area (Å²) in [5.41, 5.74) is 2.12. The van der Waals surface area contributed by atoms with Crippen molar-refractivity contribution < 1.29 is 14.3 Å². The molecule has 1 amide bonds. The predicted molar refractivity (Wildman–Crippen MR) is 73.9 cm³/mol. The zero-order valence-corrected chi connectivity index (χ0v) is 11.5. The average molecular weight is 262 g/mol. The van der Waals surface area contributed by atoms with Gasteiger partial charge in [0.15, 0.2) is 0 Å². The molecule has 5 heteroatoms. The second-order valence-electron chi connectivity index (χ2n) is 4.51. The molecule has 0 saturated heterocycles. The molecule has 19 heavy (non-hydrogen) atoms. The van der Waals surface area contributed by atoms with E-state index in [2.05, 4.69) is 0 Å². The van der Waals surface area contributed by atoms with Crippen LogP contribution in [-0.4, -0.2) is 45.5 Å². The van der Waals surface area contributed by atoms with Crippen molar-refractivity contribution in [2.75, 3.05) is 43.7 Å². The van der Waals surface area contributed by atoms with Crippen LogP contribution in [0.3, 0.4) is 0 Å². The van der Waals surface area contributed by atoms with Crippen molar-refractivity contribution in [3.63, 3.8) is 0 Å². The first-order valence-electron chi connectivity index (χ1n) is 6.31. The van der Waals surface area contributed by atoms with Crippen molar-refractivity contribution in [2.24, 2.45) is 0 Å². The highest BCUT2D eigenvalue weighted by Crippen LogP contribution is 2.31. The van der Waals surface area contributed by atoms with Crippen molar-refractivity contribution in [3.05, 3.63) is 23.8 Å². The summed E-state index contributed by atoms with van der Waals surface area (Å²) in [5.74, 6) is -0.898. The van der Waals surface area contributed by atoms with Crippen LogP contribution in [0.1, 0.15) is 17.3 Å². The van der Waals surface area contributed by atoms with Crippen molar-refractivity contribution in [1.82, 2.24) is 0 Å². The van der Waals surface area contributed by atoms with Crippen molar-refractivity contribution in [2.45, 2.75) is 6.92 Å². The number of amides is 1. The molecule has 2 rings (SSSR count). The molecule has 5 nitrogen and oxygen atoms in total. The van der Waals surface area contributed by atoms with Gasteiger partial charge in [-0.3, -0.25) is 9.59 Å². The maximum atomic E-state index is 11.7. The standard InChI is InChI=1S/C14H18N2O3/c1-4-19-8-7-15(2)10-5-6-11-12(9-10)16(3)14(18)13(11)17/h5-6,9H,4,7-8H2,1-3H3. The van der Waals surface area contributed by atoms with Crippen LogP contribution in [0.25, 0.3) is 0 Å². The zero-order chi connectivity index (χ0) is 14.0. The van der Waals surface area contributed by atoms with Gasteiger partial charge >= 0.3 is 0 Å². The number of ketones is 1. The quantitative estimate of drug-likeness (QED) is 0.593. The molecule has 0 aromatic heterocycles. The summed E-state index contributed by atoms with van der Waals surface area (Å²) < 4.78 is 5.31. The number of rotatable bonds is 5. The molecule has 0 N–H and O–H groups in total. The maximum absolute atomic E-state index is 11.7. The zero-order valence-electron chi connectivity index (χ0n) is 11.5. The molecular formula is C14H18N2O3. The molecule has 0 spiro atoms. The Labute approximate surface area is 112 Å². The van der Waals surface area contributed by atoms with E-state index < -0.39 is 11.7 Å². The fourth-order valence-electron chi connectivity index (χ4n) is 2.08. The fraction of sp³-hybridized carbons (Fsp3) is 0.429. The normalized spacial score (nSPS) is 13.9. The average Bonchev–Trinajstić information content (AvgIpc) is 2.64. The Morgan fingerprint density at radius 2 is 2.05 bits per heavy atom. The van der Waals surface area contributed by atoms with Crippen molar-refractivity contribution in [3.8, 4) is 0 Å². The highest BCUT2D eigenvalue weighted by atomic mass is 16.5. The van der Waals surface area contributed by atoms with Crippen LogP contribution >= 0.6 is 0 Å². The van der Waals surface area contributed by atoms with Crippen molar-refractivity contribution >= 4 is 23.1 Å². The molecule has 0 aliphatic carbocycles. The van der Waals surface area contributed by atoms with Crippen LogP contribution in [0.5, 0.6) is 0 Å². The Hall–Kier alpha value is -1.88. The third-order valence-electron chi connectivity index (χ3n) is 3.30. The van der Waals surface area contributed by atoms with Crippen LogP contribution in [0.4, 0.5) is 11.4 Å². The number of benzene rings is 1. The van der Waals surface area contributed by atoms with Crippen LogP contribution in [0.2, 0.25) is 0 Å². The number of carbonyl (C=O) groups excluding carboxylic acids is 2. The predicted octanol–water partition coefficient (Wildman–Crippen LogP) is 1.32. The number of likely N-dealkylation sites (N-methyl/N-ethyl adjacent to an activating group) is 2. The highest BCUT2D eigenvalue weighted by Gasteiger charge is 2.33. The Kier molecular flexibility index (Phi) is 3.85. The van der Waals surface area contributed by atoms with Gasteiger partial charge in [0.2, 0.25) is 0 Å². The summed E-state index contributed by atoms with van der Waals surface area (Å²) in [4.78, 5) is 26.7. The lowest BCUT2D eigenvalue weighted by Gasteiger charge is -2.20. The minimum atomic E-state index is -0.468. The number of Topliss-reactive ketones (excluding diaryl/α,β-unsaturated/α-hetero) is 1.